The number of nitrogens with one attached hydrogen (secondary N) is 1. The van der Waals surface area contributed by atoms with Crippen molar-refractivity contribution in [2.75, 3.05) is 0 Å². The average Bonchev–Trinajstić information content (AvgIpc) is 3.12. The number of aryl methyl sites for hydroxylation is 1. The fourth-order valence-electron chi connectivity index (χ4n) is 3.12. The van der Waals surface area contributed by atoms with Crippen LogP contribution in [0.2, 0.25) is 0 Å². The van der Waals surface area contributed by atoms with Crippen molar-refractivity contribution in [3.63, 3.8) is 0 Å². The highest BCUT2D eigenvalue weighted by Gasteiger charge is 2.13. The molecule has 4 aromatic rings. The van der Waals surface area contributed by atoms with Crippen molar-refractivity contribution >= 4 is 17.1 Å². The van der Waals surface area contributed by atoms with Crippen LogP contribution in [0.5, 0.6) is 0 Å². The molecule has 1 N–H and O–H groups in total. The lowest BCUT2D eigenvalue weighted by atomic mass is 10.1. The van der Waals surface area contributed by atoms with Crippen molar-refractivity contribution < 1.29 is 9.18 Å². The Balaban J connectivity index is 1.54. The number of imidazole rings is 1. The van der Waals surface area contributed by atoms with E-state index in [1.807, 2.05) is 28.8 Å². The largest absolute Gasteiger partial charge is 0.348 e. The first-order valence-electron chi connectivity index (χ1n) is 9.11. The van der Waals surface area contributed by atoms with Crippen LogP contribution >= 0.6 is 0 Å². The molecule has 6 heteroatoms. The van der Waals surface area contributed by atoms with Gasteiger partial charge in [0.2, 0.25) is 0 Å². The van der Waals surface area contributed by atoms with E-state index in [0.29, 0.717) is 12.1 Å². The number of benzene rings is 2. The maximum atomic E-state index is 13.0. The normalized spacial score (nSPS) is 10.9. The Morgan fingerprint density at radius 1 is 1.07 bits per heavy atom. The van der Waals surface area contributed by atoms with Crippen LogP contribution in [-0.4, -0.2) is 20.4 Å². The average molecular weight is 374 g/mol. The summed E-state index contributed by atoms with van der Waals surface area (Å²) in [6.45, 7) is 2.39. The third kappa shape index (κ3) is 3.49. The van der Waals surface area contributed by atoms with E-state index in [4.69, 9.17) is 0 Å². The summed E-state index contributed by atoms with van der Waals surface area (Å²) in [7, 11) is 0. The summed E-state index contributed by atoms with van der Waals surface area (Å²) in [5.74, 6) is 0.445. The van der Waals surface area contributed by atoms with Crippen LogP contribution in [0.4, 0.5) is 4.39 Å². The second-order valence-electron chi connectivity index (χ2n) is 6.42. The fraction of sp³-hybridized carbons (Fsp3) is 0.136. The highest BCUT2D eigenvalue weighted by atomic mass is 19.1. The van der Waals surface area contributed by atoms with E-state index in [2.05, 4.69) is 22.2 Å². The molecule has 0 bridgehead atoms. The van der Waals surface area contributed by atoms with E-state index >= 15 is 0 Å². The van der Waals surface area contributed by atoms with Crippen LogP contribution in [0.25, 0.3) is 16.9 Å². The summed E-state index contributed by atoms with van der Waals surface area (Å²) in [5, 5.41) is 2.85. The van der Waals surface area contributed by atoms with Gasteiger partial charge in [-0.15, -0.1) is 0 Å². The van der Waals surface area contributed by atoms with E-state index in [9.17, 15) is 9.18 Å². The Bertz CT molecular complexity index is 1120. The zero-order chi connectivity index (χ0) is 19.5. The number of pyridine rings is 1. The molecule has 2 aromatic carbocycles. The lowest BCUT2D eigenvalue weighted by Crippen LogP contribution is -2.22. The Hall–Kier alpha value is -3.54. The number of nitrogens with zero attached hydrogens (tertiary/aromatic N) is 3. The van der Waals surface area contributed by atoms with Gasteiger partial charge in [-0.2, -0.15) is 0 Å². The number of fused-ring (bicyclic) bond motifs is 1. The number of rotatable bonds is 5. The van der Waals surface area contributed by atoms with Crippen LogP contribution in [0.1, 0.15) is 28.7 Å². The summed E-state index contributed by atoms with van der Waals surface area (Å²) in [4.78, 5) is 21.5. The van der Waals surface area contributed by atoms with Crippen molar-refractivity contribution in [1.82, 2.24) is 19.9 Å². The lowest BCUT2D eigenvalue weighted by molar-refractivity contribution is 0.0951. The summed E-state index contributed by atoms with van der Waals surface area (Å²) < 4.78 is 15.0. The standard InChI is InChI=1S/C22H19FN4O/c1-2-20-26-19-4-3-13-24-21(19)27(20)18-11-7-16(8-12-18)22(28)25-14-15-5-9-17(23)10-6-15/h3-13H,2,14H2,1H3,(H,25,28). The number of hydrogen-bond donors (Lipinski definition) is 1. The molecule has 1 amide bonds. The van der Waals surface area contributed by atoms with Crippen LogP contribution in [0.15, 0.2) is 66.9 Å². The highest BCUT2D eigenvalue weighted by Crippen LogP contribution is 2.20. The number of carbonyl (C=O) groups is 1. The van der Waals surface area contributed by atoms with Crippen LogP contribution in [-0.2, 0) is 13.0 Å². The van der Waals surface area contributed by atoms with Crippen molar-refractivity contribution in [2.24, 2.45) is 0 Å². The minimum Gasteiger partial charge on any atom is -0.348 e. The predicted molar refractivity (Wildman–Crippen MR) is 106 cm³/mol. The first-order valence-corrected chi connectivity index (χ1v) is 9.11. The molecule has 0 saturated carbocycles. The van der Waals surface area contributed by atoms with Gasteiger partial charge in [-0.05, 0) is 54.1 Å². The number of hydrogen-bond acceptors (Lipinski definition) is 3. The Morgan fingerprint density at radius 2 is 1.82 bits per heavy atom. The maximum absolute atomic E-state index is 13.0. The molecule has 0 radical (unpaired) electrons. The molecule has 0 fully saturated rings. The minimum absolute atomic E-state index is 0.180. The Morgan fingerprint density at radius 3 is 2.54 bits per heavy atom. The number of aromatic nitrogens is 3. The van der Waals surface area contributed by atoms with Crippen LogP contribution in [0.3, 0.4) is 0 Å². The van der Waals surface area contributed by atoms with Crippen LogP contribution in [0, 0.1) is 5.82 Å². The van der Waals surface area contributed by atoms with E-state index < -0.39 is 0 Å². The molecular formula is C22H19FN4O. The molecule has 0 spiro atoms. The van der Waals surface area contributed by atoms with E-state index in [0.717, 1.165) is 34.7 Å². The molecule has 0 aliphatic heterocycles. The third-order valence-electron chi connectivity index (χ3n) is 4.56. The topological polar surface area (TPSA) is 59.8 Å². The van der Waals surface area contributed by atoms with Gasteiger partial charge in [0, 0.05) is 30.4 Å². The number of amides is 1. The molecule has 2 aromatic heterocycles. The van der Waals surface area contributed by atoms with Crippen molar-refractivity contribution in [3.05, 3.63) is 89.6 Å². The molecule has 5 nitrogen and oxygen atoms in total. The van der Waals surface area contributed by atoms with Gasteiger partial charge in [-0.25, -0.2) is 14.4 Å². The summed E-state index contributed by atoms with van der Waals surface area (Å²) >= 11 is 0. The van der Waals surface area contributed by atoms with Gasteiger partial charge < -0.3 is 5.32 Å². The smallest absolute Gasteiger partial charge is 0.251 e. The quantitative estimate of drug-likeness (QED) is 0.573. The molecule has 0 atom stereocenters. The number of carbonyl (C=O) groups excluding carboxylic acids is 1. The lowest BCUT2D eigenvalue weighted by Gasteiger charge is -2.09. The second-order valence-corrected chi connectivity index (χ2v) is 6.42. The minimum atomic E-state index is -0.293. The Kier molecular flexibility index (Phi) is 4.85. The Labute approximate surface area is 161 Å². The first-order chi connectivity index (χ1) is 13.7. The molecule has 0 aliphatic carbocycles. The SMILES string of the molecule is CCc1nc2cccnc2n1-c1ccc(C(=O)NCc2ccc(F)cc2)cc1. The first kappa shape index (κ1) is 17.9. The van der Waals surface area contributed by atoms with Crippen molar-refractivity contribution in [3.8, 4) is 5.69 Å². The summed E-state index contributed by atoms with van der Waals surface area (Å²) in [6, 6.07) is 17.2. The molecule has 0 saturated heterocycles. The van der Waals surface area contributed by atoms with Crippen LogP contribution < -0.4 is 5.32 Å². The molecule has 2 heterocycles. The molecular weight excluding hydrogens is 355 g/mol. The van der Waals surface area contributed by atoms with Gasteiger partial charge in [-0.1, -0.05) is 19.1 Å². The monoisotopic (exact) mass is 374 g/mol. The molecule has 0 aliphatic rings. The maximum Gasteiger partial charge on any atom is 0.251 e. The van der Waals surface area contributed by atoms with Gasteiger partial charge >= 0.3 is 0 Å². The second kappa shape index (κ2) is 7.60. The van der Waals surface area contributed by atoms with Gasteiger partial charge in [0.05, 0.1) is 0 Å². The molecule has 140 valence electrons. The van der Waals surface area contributed by atoms with Crippen molar-refractivity contribution in [1.29, 1.82) is 0 Å². The van der Waals surface area contributed by atoms with Gasteiger partial charge in [0.15, 0.2) is 5.65 Å². The van der Waals surface area contributed by atoms with Gasteiger partial charge in [0.25, 0.3) is 5.91 Å². The highest BCUT2D eigenvalue weighted by molar-refractivity contribution is 5.94. The third-order valence-corrected chi connectivity index (χ3v) is 4.56. The summed E-state index contributed by atoms with van der Waals surface area (Å²) in [6.07, 6.45) is 2.52. The van der Waals surface area contributed by atoms with E-state index in [1.54, 1.807) is 30.5 Å². The summed E-state index contributed by atoms with van der Waals surface area (Å²) in [5.41, 5.74) is 3.96. The van der Waals surface area contributed by atoms with Gasteiger partial charge in [-0.3, -0.25) is 9.36 Å². The van der Waals surface area contributed by atoms with Gasteiger partial charge in [0.1, 0.15) is 17.2 Å². The van der Waals surface area contributed by atoms with Crippen molar-refractivity contribution in [2.45, 2.75) is 19.9 Å². The molecule has 0 unspecified atom stereocenters. The zero-order valence-electron chi connectivity index (χ0n) is 15.4. The number of halogens is 1. The zero-order valence-corrected chi connectivity index (χ0v) is 15.4. The van der Waals surface area contributed by atoms with E-state index in [1.165, 1.54) is 12.1 Å². The van der Waals surface area contributed by atoms with E-state index in [-0.39, 0.29) is 11.7 Å². The molecule has 28 heavy (non-hydrogen) atoms. The fourth-order valence-corrected chi connectivity index (χ4v) is 3.12. The molecule has 4 rings (SSSR count). The predicted octanol–water partition coefficient (Wildman–Crippen LogP) is 4.05.